The molecule has 3 N–H and O–H groups in total. The Balaban J connectivity index is 1.73. The molecule has 36 heavy (non-hydrogen) atoms. The maximum absolute atomic E-state index is 12.9. The standard InChI is InChI=1S/C31H29N3O2/c32-20-25-9-7-8-24(18-25)19-30(31(33)36)34(21-23-14-16-28(35)17-15-23)22-29(26-10-3-1-4-11-26)27-12-5-2-6-13-27/h1-18,29-30,35H,19,21-22H2,(H2,33,36)/t30-/m1/s1. The predicted molar refractivity (Wildman–Crippen MR) is 141 cm³/mol. The molecule has 0 fully saturated rings. The minimum atomic E-state index is -0.595. The van der Waals surface area contributed by atoms with Crippen molar-refractivity contribution in [3.8, 4) is 11.8 Å². The van der Waals surface area contributed by atoms with Crippen molar-refractivity contribution < 1.29 is 9.90 Å². The molecule has 4 aromatic carbocycles. The molecule has 5 heteroatoms. The Morgan fingerprint density at radius 3 is 2.00 bits per heavy atom. The molecule has 0 aliphatic rings. The number of hydrogen-bond donors (Lipinski definition) is 2. The van der Waals surface area contributed by atoms with Crippen LogP contribution in [-0.4, -0.2) is 28.5 Å². The number of amides is 1. The first-order valence-electron chi connectivity index (χ1n) is 11.9. The minimum absolute atomic E-state index is 0.0109. The summed E-state index contributed by atoms with van der Waals surface area (Å²) in [4.78, 5) is 15.0. The second-order valence-corrected chi connectivity index (χ2v) is 8.90. The van der Waals surface area contributed by atoms with Crippen molar-refractivity contribution in [2.24, 2.45) is 5.73 Å². The van der Waals surface area contributed by atoms with Crippen LogP contribution in [0, 0.1) is 11.3 Å². The first kappa shape index (κ1) is 24.7. The van der Waals surface area contributed by atoms with E-state index >= 15 is 0 Å². The van der Waals surface area contributed by atoms with Crippen LogP contribution in [0.1, 0.15) is 33.7 Å². The van der Waals surface area contributed by atoms with Gasteiger partial charge in [0.1, 0.15) is 5.75 Å². The van der Waals surface area contributed by atoms with Crippen LogP contribution in [0.3, 0.4) is 0 Å². The highest BCUT2D eigenvalue weighted by molar-refractivity contribution is 5.80. The number of benzene rings is 4. The number of carbonyl (C=O) groups excluding carboxylic acids is 1. The normalized spacial score (nSPS) is 11.8. The van der Waals surface area contributed by atoms with Crippen LogP contribution in [-0.2, 0) is 17.8 Å². The Bertz CT molecular complexity index is 1280. The van der Waals surface area contributed by atoms with Gasteiger partial charge in [-0.05, 0) is 52.9 Å². The van der Waals surface area contributed by atoms with E-state index in [0.717, 1.165) is 22.3 Å². The third-order valence-corrected chi connectivity index (χ3v) is 6.40. The van der Waals surface area contributed by atoms with Gasteiger partial charge >= 0.3 is 0 Å². The van der Waals surface area contributed by atoms with Crippen molar-refractivity contribution in [2.45, 2.75) is 24.9 Å². The van der Waals surface area contributed by atoms with Gasteiger partial charge in [-0.15, -0.1) is 0 Å². The van der Waals surface area contributed by atoms with Gasteiger partial charge in [-0.2, -0.15) is 5.26 Å². The Morgan fingerprint density at radius 1 is 0.833 bits per heavy atom. The van der Waals surface area contributed by atoms with Crippen molar-refractivity contribution in [3.63, 3.8) is 0 Å². The zero-order valence-electron chi connectivity index (χ0n) is 20.0. The highest BCUT2D eigenvalue weighted by atomic mass is 16.3. The lowest BCUT2D eigenvalue weighted by Gasteiger charge is -2.33. The molecule has 1 amide bonds. The molecule has 0 saturated carbocycles. The van der Waals surface area contributed by atoms with Crippen LogP contribution in [0.25, 0.3) is 0 Å². The maximum Gasteiger partial charge on any atom is 0.235 e. The maximum atomic E-state index is 12.9. The highest BCUT2D eigenvalue weighted by Crippen LogP contribution is 2.28. The Morgan fingerprint density at radius 2 is 1.44 bits per heavy atom. The van der Waals surface area contributed by atoms with E-state index in [4.69, 9.17) is 5.73 Å². The third kappa shape index (κ3) is 6.38. The van der Waals surface area contributed by atoms with Gasteiger partial charge in [0.05, 0.1) is 17.7 Å². The first-order chi connectivity index (χ1) is 17.5. The summed E-state index contributed by atoms with van der Waals surface area (Å²) in [6.07, 6.45) is 0.388. The molecular formula is C31H29N3O2. The van der Waals surface area contributed by atoms with Crippen molar-refractivity contribution in [1.82, 2.24) is 4.90 Å². The summed E-state index contributed by atoms with van der Waals surface area (Å²) in [6.45, 7) is 1.03. The van der Waals surface area contributed by atoms with Crippen molar-refractivity contribution in [2.75, 3.05) is 6.54 Å². The fraction of sp³-hybridized carbons (Fsp3) is 0.161. The second kappa shape index (κ2) is 11.8. The number of aromatic hydroxyl groups is 1. The average molecular weight is 476 g/mol. The Hall–Kier alpha value is -4.40. The molecule has 4 aromatic rings. The number of hydrogen-bond acceptors (Lipinski definition) is 4. The molecule has 0 aliphatic carbocycles. The molecule has 0 unspecified atom stereocenters. The van der Waals surface area contributed by atoms with E-state index in [2.05, 4.69) is 35.2 Å². The molecule has 0 aliphatic heterocycles. The van der Waals surface area contributed by atoms with Crippen molar-refractivity contribution in [3.05, 3.63) is 137 Å². The number of primary amides is 1. The number of phenols is 1. The van der Waals surface area contributed by atoms with Crippen LogP contribution in [0.4, 0.5) is 0 Å². The fourth-order valence-corrected chi connectivity index (χ4v) is 4.55. The summed E-state index contributed by atoms with van der Waals surface area (Å²) in [6, 6.07) is 36.4. The topological polar surface area (TPSA) is 90.3 Å². The summed E-state index contributed by atoms with van der Waals surface area (Å²) in [5.41, 5.74) is 10.7. The third-order valence-electron chi connectivity index (χ3n) is 6.40. The Kier molecular flexibility index (Phi) is 8.12. The van der Waals surface area contributed by atoms with Gasteiger partial charge in [0, 0.05) is 19.0 Å². The predicted octanol–water partition coefficient (Wildman–Crippen LogP) is 4.99. The smallest absolute Gasteiger partial charge is 0.235 e. The van der Waals surface area contributed by atoms with Gasteiger partial charge in [-0.3, -0.25) is 9.69 Å². The van der Waals surface area contributed by atoms with Crippen LogP contribution < -0.4 is 5.73 Å². The van der Waals surface area contributed by atoms with E-state index in [1.807, 2.05) is 60.7 Å². The number of nitrogens with zero attached hydrogens (tertiary/aromatic N) is 2. The fourth-order valence-electron chi connectivity index (χ4n) is 4.55. The molecule has 0 saturated heterocycles. The molecule has 0 radical (unpaired) electrons. The molecule has 4 rings (SSSR count). The lowest BCUT2D eigenvalue weighted by molar-refractivity contribution is -0.123. The molecule has 1 atom stereocenters. The number of nitrogens with two attached hydrogens (primary N) is 1. The summed E-state index contributed by atoms with van der Waals surface area (Å²) >= 11 is 0. The zero-order valence-corrected chi connectivity index (χ0v) is 20.0. The summed E-state index contributed by atoms with van der Waals surface area (Å²) < 4.78 is 0. The second-order valence-electron chi connectivity index (χ2n) is 8.90. The van der Waals surface area contributed by atoms with E-state index in [-0.39, 0.29) is 11.7 Å². The number of rotatable bonds is 10. The van der Waals surface area contributed by atoms with Crippen molar-refractivity contribution in [1.29, 1.82) is 5.26 Å². The summed E-state index contributed by atoms with van der Waals surface area (Å²) in [7, 11) is 0. The van der Waals surface area contributed by atoms with Gasteiger partial charge in [-0.25, -0.2) is 0 Å². The zero-order chi connectivity index (χ0) is 25.3. The Labute approximate surface area is 212 Å². The number of phenolic OH excluding ortho intramolecular Hbond substituents is 1. The summed E-state index contributed by atoms with van der Waals surface area (Å²) in [5.74, 6) is -0.218. The number of carbonyl (C=O) groups is 1. The quantitative estimate of drug-likeness (QED) is 0.338. The van der Waals surface area contributed by atoms with E-state index in [0.29, 0.717) is 25.1 Å². The summed E-state index contributed by atoms with van der Waals surface area (Å²) in [5, 5.41) is 19.1. The van der Waals surface area contributed by atoms with Crippen LogP contribution in [0.15, 0.2) is 109 Å². The number of nitriles is 1. The SMILES string of the molecule is N#Cc1cccc(C[C@H](C(N)=O)N(Cc2ccc(O)cc2)CC(c2ccccc2)c2ccccc2)c1. The van der Waals surface area contributed by atoms with E-state index in [1.54, 1.807) is 24.3 Å². The van der Waals surface area contributed by atoms with Gasteiger partial charge < -0.3 is 10.8 Å². The van der Waals surface area contributed by atoms with E-state index in [1.165, 1.54) is 0 Å². The average Bonchev–Trinajstić information content (AvgIpc) is 2.92. The van der Waals surface area contributed by atoms with Crippen molar-refractivity contribution >= 4 is 5.91 Å². The molecule has 0 bridgehead atoms. The van der Waals surface area contributed by atoms with Gasteiger partial charge in [0.2, 0.25) is 5.91 Å². The molecule has 5 nitrogen and oxygen atoms in total. The lowest BCUT2D eigenvalue weighted by Crippen LogP contribution is -2.47. The highest BCUT2D eigenvalue weighted by Gasteiger charge is 2.28. The van der Waals surface area contributed by atoms with Crippen LogP contribution in [0.2, 0.25) is 0 Å². The molecule has 0 heterocycles. The van der Waals surface area contributed by atoms with Gasteiger partial charge in [-0.1, -0.05) is 84.9 Å². The first-order valence-corrected chi connectivity index (χ1v) is 11.9. The molecule has 0 aromatic heterocycles. The molecular weight excluding hydrogens is 446 g/mol. The van der Waals surface area contributed by atoms with Gasteiger partial charge in [0.15, 0.2) is 0 Å². The lowest BCUT2D eigenvalue weighted by atomic mass is 9.89. The minimum Gasteiger partial charge on any atom is -0.508 e. The molecule has 0 spiro atoms. The van der Waals surface area contributed by atoms with Gasteiger partial charge in [0.25, 0.3) is 0 Å². The van der Waals surface area contributed by atoms with E-state index in [9.17, 15) is 15.2 Å². The monoisotopic (exact) mass is 475 g/mol. The van der Waals surface area contributed by atoms with E-state index < -0.39 is 11.9 Å². The molecule has 180 valence electrons. The van der Waals surface area contributed by atoms with Crippen LogP contribution >= 0.6 is 0 Å². The largest absolute Gasteiger partial charge is 0.508 e. The van der Waals surface area contributed by atoms with Crippen LogP contribution in [0.5, 0.6) is 5.75 Å².